The Hall–Kier alpha value is -1.40. The summed E-state index contributed by atoms with van der Waals surface area (Å²) in [6.07, 6.45) is 4.64. The standard InChI is InChI=1S/C13H17N3O2S/c1-9-8-19-13-15-10(7-16(9)13)6-14-12(17)11-4-2-3-5-18-11/h7-8,11H,2-6H2,1H3,(H,14,17). The zero-order chi connectivity index (χ0) is 13.2. The van der Waals surface area contributed by atoms with Crippen molar-refractivity contribution in [2.24, 2.45) is 0 Å². The topological polar surface area (TPSA) is 55.6 Å². The van der Waals surface area contributed by atoms with Crippen LogP contribution in [0, 0.1) is 6.92 Å². The van der Waals surface area contributed by atoms with Crippen LogP contribution in [0.25, 0.3) is 4.96 Å². The first-order chi connectivity index (χ1) is 9.24. The van der Waals surface area contributed by atoms with Gasteiger partial charge in [-0.2, -0.15) is 0 Å². The van der Waals surface area contributed by atoms with Gasteiger partial charge in [-0.3, -0.25) is 9.20 Å². The largest absolute Gasteiger partial charge is 0.368 e. The van der Waals surface area contributed by atoms with Gasteiger partial charge in [0, 0.05) is 23.9 Å². The molecule has 0 spiro atoms. The fourth-order valence-corrected chi connectivity index (χ4v) is 3.13. The van der Waals surface area contributed by atoms with Crippen molar-refractivity contribution in [3.63, 3.8) is 0 Å². The molecule has 19 heavy (non-hydrogen) atoms. The summed E-state index contributed by atoms with van der Waals surface area (Å²) in [5.74, 6) is -0.0206. The first kappa shape index (κ1) is 12.6. The summed E-state index contributed by atoms with van der Waals surface area (Å²) in [5.41, 5.74) is 2.06. The van der Waals surface area contributed by atoms with Gasteiger partial charge < -0.3 is 10.1 Å². The molecule has 0 saturated carbocycles. The number of carbonyl (C=O) groups is 1. The van der Waals surface area contributed by atoms with Crippen LogP contribution in [0.15, 0.2) is 11.6 Å². The molecule has 0 radical (unpaired) electrons. The number of thiazole rings is 1. The highest BCUT2D eigenvalue weighted by Gasteiger charge is 2.21. The van der Waals surface area contributed by atoms with Gasteiger partial charge in [0.15, 0.2) is 4.96 Å². The minimum atomic E-state index is -0.279. The molecule has 1 aliphatic heterocycles. The van der Waals surface area contributed by atoms with E-state index in [1.54, 1.807) is 11.3 Å². The molecular weight excluding hydrogens is 262 g/mol. The number of ether oxygens (including phenoxy) is 1. The highest BCUT2D eigenvalue weighted by molar-refractivity contribution is 7.15. The van der Waals surface area contributed by atoms with Crippen LogP contribution in [-0.4, -0.2) is 28.0 Å². The number of imidazole rings is 1. The number of amides is 1. The predicted molar refractivity (Wildman–Crippen MR) is 73.2 cm³/mol. The number of aryl methyl sites for hydroxylation is 1. The van der Waals surface area contributed by atoms with Gasteiger partial charge in [0.05, 0.1) is 12.2 Å². The lowest BCUT2D eigenvalue weighted by molar-refractivity contribution is -0.135. The normalized spacial score (nSPS) is 19.7. The molecule has 1 saturated heterocycles. The third-order valence-electron chi connectivity index (χ3n) is 3.35. The van der Waals surface area contributed by atoms with Crippen molar-refractivity contribution < 1.29 is 9.53 Å². The Balaban J connectivity index is 1.60. The van der Waals surface area contributed by atoms with E-state index in [2.05, 4.69) is 15.7 Å². The van der Waals surface area contributed by atoms with E-state index in [1.165, 1.54) is 5.69 Å². The summed E-state index contributed by atoms with van der Waals surface area (Å²) in [7, 11) is 0. The molecule has 5 nitrogen and oxygen atoms in total. The second-order valence-corrected chi connectivity index (χ2v) is 5.67. The van der Waals surface area contributed by atoms with Crippen LogP contribution in [0.3, 0.4) is 0 Å². The molecule has 0 aliphatic carbocycles. The average Bonchev–Trinajstić information content (AvgIpc) is 2.99. The van der Waals surface area contributed by atoms with Crippen LogP contribution < -0.4 is 5.32 Å². The second kappa shape index (κ2) is 5.30. The number of hydrogen-bond acceptors (Lipinski definition) is 4. The van der Waals surface area contributed by atoms with Crippen molar-refractivity contribution in [3.8, 4) is 0 Å². The summed E-state index contributed by atoms with van der Waals surface area (Å²) in [6, 6.07) is 0. The molecule has 2 aromatic heterocycles. The van der Waals surface area contributed by atoms with Crippen LogP contribution in [0.1, 0.15) is 30.7 Å². The molecule has 0 bridgehead atoms. The summed E-state index contributed by atoms with van der Waals surface area (Å²) < 4.78 is 7.50. The molecule has 1 amide bonds. The molecule has 1 atom stereocenters. The summed E-state index contributed by atoms with van der Waals surface area (Å²) in [5, 5.41) is 4.97. The quantitative estimate of drug-likeness (QED) is 0.933. The van der Waals surface area contributed by atoms with Crippen LogP contribution in [-0.2, 0) is 16.1 Å². The maximum Gasteiger partial charge on any atom is 0.249 e. The smallest absolute Gasteiger partial charge is 0.249 e. The lowest BCUT2D eigenvalue weighted by atomic mass is 10.1. The molecule has 3 heterocycles. The summed E-state index contributed by atoms with van der Waals surface area (Å²) in [4.78, 5) is 17.4. The Morgan fingerprint density at radius 2 is 2.53 bits per heavy atom. The molecule has 1 unspecified atom stereocenters. The van der Waals surface area contributed by atoms with E-state index >= 15 is 0 Å². The zero-order valence-corrected chi connectivity index (χ0v) is 11.7. The molecule has 6 heteroatoms. The number of hydrogen-bond donors (Lipinski definition) is 1. The SMILES string of the molecule is Cc1csc2nc(CNC(=O)C3CCCCO3)cn12. The van der Waals surface area contributed by atoms with Gasteiger partial charge in [0.2, 0.25) is 5.91 Å². The molecule has 2 aromatic rings. The number of aromatic nitrogens is 2. The van der Waals surface area contributed by atoms with Crippen molar-refractivity contribution in [3.05, 3.63) is 23.0 Å². The number of nitrogens with zero attached hydrogens (tertiary/aromatic N) is 2. The Morgan fingerprint density at radius 3 is 3.26 bits per heavy atom. The molecule has 0 aromatic carbocycles. The van der Waals surface area contributed by atoms with Gasteiger partial charge in [-0.15, -0.1) is 11.3 Å². The first-order valence-corrected chi connectivity index (χ1v) is 7.43. The monoisotopic (exact) mass is 279 g/mol. The van der Waals surface area contributed by atoms with Crippen molar-refractivity contribution in [1.82, 2.24) is 14.7 Å². The minimum Gasteiger partial charge on any atom is -0.368 e. The number of carbonyl (C=O) groups excluding carboxylic acids is 1. The third-order valence-corrected chi connectivity index (χ3v) is 4.31. The summed E-state index contributed by atoms with van der Waals surface area (Å²) in [6.45, 7) is 3.20. The third kappa shape index (κ3) is 2.64. The van der Waals surface area contributed by atoms with E-state index in [9.17, 15) is 4.79 Å². The lowest BCUT2D eigenvalue weighted by Gasteiger charge is -2.21. The molecule has 3 rings (SSSR count). The van der Waals surface area contributed by atoms with Gasteiger partial charge in [-0.1, -0.05) is 0 Å². The fourth-order valence-electron chi connectivity index (χ4n) is 2.26. The maximum atomic E-state index is 11.9. The molecule has 1 fully saturated rings. The second-order valence-electron chi connectivity index (χ2n) is 4.83. The minimum absolute atomic E-state index is 0.0206. The number of nitrogens with one attached hydrogen (secondary N) is 1. The van der Waals surface area contributed by atoms with Gasteiger partial charge in [-0.25, -0.2) is 4.98 Å². The van der Waals surface area contributed by atoms with Crippen LogP contribution in [0.4, 0.5) is 0 Å². The Bertz CT molecular complexity index is 584. The maximum absolute atomic E-state index is 11.9. The van der Waals surface area contributed by atoms with E-state index in [0.717, 1.165) is 29.9 Å². The Kier molecular flexibility index (Phi) is 3.52. The lowest BCUT2D eigenvalue weighted by Crippen LogP contribution is -2.38. The average molecular weight is 279 g/mol. The first-order valence-electron chi connectivity index (χ1n) is 6.55. The van der Waals surface area contributed by atoms with E-state index in [4.69, 9.17) is 4.74 Å². The van der Waals surface area contributed by atoms with Gasteiger partial charge >= 0.3 is 0 Å². The molecular formula is C13H17N3O2S. The number of rotatable bonds is 3. The van der Waals surface area contributed by atoms with Crippen molar-refractivity contribution in [2.45, 2.75) is 38.8 Å². The molecule has 102 valence electrons. The van der Waals surface area contributed by atoms with Gasteiger partial charge in [0.1, 0.15) is 6.10 Å². The van der Waals surface area contributed by atoms with Crippen LogP contribution in [0.2, 0.25) is 0 Å². The predicted octanol–water partition coefficient (Wildman–Crippen LogP) is 1.89. The van der Waals surface area contributed by atoms with E-state index in [0.29, 0.717) is 13.2 Å². The summed E-state index contributed by atoms with van der Waals surface area (Å²) >= 11 is 1.61. The highest BCUT2D eigenvalue weighted by Crippen LogP contribution is 2.16. The van der Waals surface area contributed by atoms with Crippen LogP contribution >= 0.6 is 11.3 Å². The van der Waals surface area contributed by atoms with Crippen molar-refractivity contribution >= 4 is 22.2 Å². The fraction of sp³-hybridized carbons (Fsp3) is 0.538. The van der Waals surface area contributed by atoms with Crippen molar-refractivity contribution in [2.75, 3.05) is 6.61 Å². The van der Waals surface area contributed by atoms with E-state index in [1.807, 2.05) is 17.5 Å². The van der Waals surface area contributed by atoms with Gasteiger partial charge in [0.25, 0.3) is 0 Å². The Morgan fingerprint density at radius 1 is 1.63 bits per heavy atom. The highest BCUT2D eigenvalue weighted by atomic mass is 32.1. The van der Waals surface area contributed by atoms with E-state index < -0.39 is 0 Å². The molecule has 1 aliphatic rings. The van der Waals surface area contributed by atoms with Gasteiger partial charge in [-0.05, 0) is 26.2 Å². The zero-order valence-electron chi connectivity index (χ0n) is 10.9. The Labute approximate surface area is 115 Å². The van der Waals surface area contributed by atoms with Crippen molar-refractivity contribution in [1.29, 1.82) is 0 Å². The number of fused-ring (bicyclic) bond motifs is 1. The van der Waals surface area contributed by atoms with Crippen LogP contribution in [0.5, 0.6) is 0 Å². The van der Waals surface area contributed by atoms with E-state index in [-0.39, 0.29) is 12.0 Å². The molecule has 1 N–H and O–H groups in total.